The van der Waals surface area contributed by atoms with E-state index >= 15 is 0 Å². The van der Waals surface area contributed by atoms with Gasteiger partial charge in [-0.25, -0.2) is 0 Å². The summed E-state index contributed by atoms with van der Waals surface area (Å²) in [6.07, 6.45) is 0.876. The second kappa shape index (κ2) is 7.47. The Balaban J connectivity index is 1.89. The van der Waals surface area contributed by atoms with Crippen LogP contribution in [0.25, 0.3) is 0 Å². The average molecular weight is 325 g/mol. The summed E-state index contributed by atoms with van der Waals surface area (Å²) in [7, 11) is 0. The maximum absolute atomic E-state index is 10.1. The molecule has 1 heterocycles. The summed E-state index contributed by atoms with van der Waals surface area (Å²) in [4.78, 5) is 2.39. The summed E-state index contributed by atoms with van der Waals surface area (Å²) in [5, 5.41) is 10.1. The molecule has 0 saturated carbocycles. The molecule has 1 N–H and O–H groups in total. The second-order valence-corrected chi connectivity index (χ2v) is 7.02. The lowest BCUT2D eigenvalue weighted by atomic mass is 9.95. The first kappa shape index (κ1) is 17.2. The SMILES string of the molecule is Cc1cc(C)cc(CN(Cc2ccccc2)[C@]2(CO)CCOC2)c1. The van der Waals surface area contributed by atoms with Crippen LogP contribution in [0.4, 0.5) is 0 Å². The van der Waals surface area contributed by atoms with Gasteiger partial charge in [0, 0.05) is 19.7 Å². The van der Waals surface area contributed by atoms with Crippen LogP contribution < -0.4 is 0 Å². The van der Waals surface area contributed by atoms with E-state index < -0.39 is 0 Å². The van der Waals surface area contributed by atoms with Crippen molar-refractivity contribution in [2.45, 2.75) is 38.9 Å². The molecule has 0 radical (unpaired) electrons. The molecule has 3 nitrogen and oxygen atoms in total. The van der Waals surface area contributed by atoms with Crippen LogP contribution in [-0.2, 0) is 17.8 Å². The predicted octanol–water partition coefficient (Wildman–Crippen LogP) is 3.46. The number of aliphatic hydroxyl groups excluding tert-OH is 1. The summed E-state index contributed by atoms with van der Waals surface area (Å²) in [5.74, 6) is 0. The van der Waals surface area contributed by atoms with Crippen molar-refractivity contribution >= 4 is 0 Å². The van der Waals surface area contributed by atoms with Gasteiger partial charge in [-0.2, -0.15) is 0 Å². The number of ether oxygens (including phenoxy) is 1. The van der Waals surface area contributed by atoms with Gasteiger partial charge in [-0.1, -0.05) is 59.7 Å². The molecule has 3 heteroatoms. The Bertz CT molecular complexity index is 643. The van der Waals surface area contributed by atoms with Crippen molar-refractivity contribution in [3.8, 4) is 0 Å². The number of nitrogens with zero attached hydrogens (tertiary/aromatic N) is 1. The van der Waals surface area contributed by atoms with Crippen LogP contribution in [0.5, 0.6) is 0 Å². The van der Waals surface area contributed by atoms with Crippen LogP contribution in [0.3, 0.4) is 0 Å². The van der Waals surface area contributed by atoms with E-state index in [2.05, 4.69) is 61.2 Å². The van der Waals surface area contributed by atoms with Gasteiger partial charge in [0.1, 0.15) is 0 Å². The third-order valence-electron chi connectivity index (χ3n) is 4.92. The second-order valence-electron chi connectivity index (χ2n) is 7.02. The van der Waals surface area contributed by atoms with Gasteiger partial charge >= 0.3 is 0 Å². The number of benzene rings is 2. The summed E-state index contributed by atoms with van der Waals surface area (Å²) in [6.45, 7) is 7.36. The topological polar surface area (TPSA) is 32.7 Å². The molecule has 2 aromatic rings. The molecule has 0 bridgehead atoms. The van der Waals surface area contributed by atoms with Gasteiger partial charge < -0.3 is 9.84 Å². The Labute approximate surface area is 144 Å². The number of aryl methyl sites for hydroxylation is 2. The lowest BCUT2D eigenvalue weighted by Gasteiger charge is -2.39. The first-order chi connectivity index (χ1) is 11.6. The number of hydrogen-bond acceptors (Lipinski definition) is 3. The first-order valence-corrected chi connectivity index (χ1v) is 8.66. The fraction of sp³-hybridized carbons (Fsp3) is 0.429. The molecule has 1 aliphatic heterocycles. The van der Waals surface area contributed by atoms with Crippen LogP contribution in [-0.4, -0.2) is 35.4 Å². The predicted molar refractivity (Wildman–Crippen MR) is 96.9 cm³/mol. The van der Waals surface area contributed by atoms with E-state index in [9.17, 15) is 5.11 Å². The van der Waals surface area contributed by atoms with E-state index in [1.165, 1.54) is 22.3 Å². The minimum absolute atomic E-state index is 0.130. The molecule has 0 unspecified atom stereocenters. The summed E-state index contributed by atoms with van der Waals surface area (Å²) < 4.78 is 5.65. The Kier molecular flexibility index (Phi) is 5.34. The van der Waals surface area contributed by atoms with Crippen LogP contribution in [0.2, 0.25) is 0 Å². The van der Waals surface area contributed by atoms with Gasteiger partial charge in [0.05, 0.1) is 18.8 Å². The molecule has 1 saturated heterocycles. The molecule has 24 heavy (non-hydrogen) atoms. The van der Waals surface area contributed by atoms with Crippen molar-refractivity contribution in [1.29, 1.82) is 0 Å². The maximum atomic E-state index is 10.1. The fourth-order valence-corrected chi connectivity index (χ4v) is 3.65. The van der Waals surface area contributed by atoms with Crippen LogP contribution in [0.15, 0.2) is 48.5 Å². The zero-order valence-corrected chi connectivity index (χ0v) is 14.7. The molecule has 1 aliphatic rings. The smallest absolute Gasteiger partial charge is 0.0703 e. The zero-order chi connectivity index (χ0) is 17.0. The van der Waals surface area contributed by atoms with Gasteiger partial charge in [-0.3, -0.25) is 4.90 Å². The highest BCUT2D eigenvalue weighted by Gasteiger charge is 2.40. The van der Waals surface area contributed by atoms with Crippen LogP contribution in [0.1, 0.15) is 28.7 Å². The standard InChI is InChI=1S/C21H27NO2/c1-17-10-18(2)12-20(11-17)14-22(13-19-6-4-3-5-7-19)21(15-23)8-9-24-16-21/h3-7,10-12,23H,8-9,13-16H2,1-2H3/t21-/m0/s1. The molecule has 0 amide bonds. The highest BCUT2D eigenvalue weighted by Crippen LogP contribution is 2.29. The third-order valence-corrected chi connectivity index (χ3v) is 4.92. The van der Waals surface area contributed by atoms with Crippen molar-refractivity contribution in [3.63, 3.8) is 0 Å². The van der Waals surface area contributed by atoms with Crippen molar-refractivity contribution in [1.82, 2.24) is 4.90 Å². The average Bonchev–Trinajstić information content (AvgIpc) is 3.04. The monoisotopic (exact) mass is 325 g/mol. The van der Waals surface area contributed by atoms with Crippen molar-refractivity contribution in [2.75, 3.05) is 19.8 Å². The van der Waals surface area contributed by atoms with E-state index in [-0.39, 0.29) is 12.1 Å². The quantitative estimate of drug-likeness (QED) is 0.883. The van der Waals surface area contributed by atoms with Gasteiger partial charge in [-0.05, 0) is 31.4 Å². The molecule has 1 atom stereocenters. The van der Waals surface area contributed by atoms with Crippen molar-refractivity contribution < 1.29 is 9.84 Å². The normalized spacial score (nSPS) is 20.7. The minimum atomic E-state index is -0.284. The molecule has 0 aliphatic carbocycles. The largest absolute Gasteiger partial charge is 0.394 e. The highest BCUT2D eigenvalue weighted by atomic mass is 16.5. The lowest BCUT2D eigenvalue weighted by Crippen LogP contribution is -2.51. The van der Waals surface area contributed by atoms with Crippen molar-refractivity contribution in [2.24, 2.45) is 0 Å². The van der Waals surface area contributed by atoms with E-state index in [0.717, 1.165) is 26.1 Å². The third kappa shape index (κ3) is 3.86. The number of rotatable bonds is 6. The molecular formula is C21H27NO2. The maximum Gasteiger partial charge on any atom is 0.0703 e. The molecular weight excluding hydrogens is 298 g/mol. The summed E-state index contributed by atoms with van der Waals surface area (Å²) >= 11 is 0. The van der Waals surface area contributed by atoms with Gasteiger partial charge in [0.2, 0.25) is 0 Å². The van der Waals surface area contributed by atoms with E-state index in [1.54, 1.807) is 0 Å². The summed E-state index contributed by atoms with van der Waals surface area (Å²) in [5.41, 5.74) is 4.84. The highest BCUT2D eigenvalue weighted by molar-refractivity contribution is 5.29. The lowest BCUT2D eigenvalue weighted by molar-refractivity contribution is 0.00762. The van der Waals surface area contributed by atoms with E-state index in [4.69, 9.17) is 4.74 Å². The van der Waals surface area contributed by atoms with Gasteiger partial charge in [0.25, 0.3) is 0 Å². The molecule has 0 aromatic heterocycles. The van der Waals surface area contributed by atoms with E-state index in [1.807, 2.05) is 6.07 Å². The van der Waals surface area contributed by atoms with E-state index in [0.29, 0.717) is 6.61 Å². The molecule has 128 valence electrons. The molecule has 2 aromatic carbocycles. The molecule has 1 fully saturated rings. The Hall–Kier alpha value is -1.68. The van der Waals surface area contributed by atoms with Gasteiger partial charge in [-0.15, -0.1) is 0 Å². The summed E-state index contributed by atoms with van der Waals surface area (Å²) in [6, 6.07) is 17.2. The molecule has 0 spiro atoms. The Morgan fingerprint density at radius 3 is 2.25 bits per heavy atom. The Morgan fingerprint density at radius 1 is 1.00 bits per heavy atom. The minimum Gasteiger partial charge on any atom is -0.394 e. The first-order valence-electron chi connectivity index (χ1n) is 8.66. The van der Waals surface area contributed by atoms with Crippen molar-refractivity contribution in [3.05, 3.63) is 70.8 Å². The molecule has 3 rings (SSSR count). The fourth-order valence-electron chi connectivity index (χ4n) is 3.65. The number of hydrogen-bond donors (Lipinski definition) is 1. The Morgan fingerprint density at radius 2 is 1.67 bits per heavy atom. The van der Waals surface area contributed by atoms with Crippen LogP contribution in [0, 0.1) is 13.8 Å². The zero-order valence-electron chi connectivity index (χ0n) is 14.7. The van der Waals surface area contributed by atoms with Gasteiger partial charge in [0.15, 0.2) is 0 Å². The van der Waals surface area contributed by atoms with Crippen LogP contribution >= 0.6 is 0 Å². The number of aliphatic hydroxyl groups is 1.